The van der Waals surface area contributed by atoms with Crippen LogP contribution in [-0.4, -0.2) is 0 Å². The van der Waals surface area contributed by atoms with Crippen molar-refractivity contribution in [1.82, 2.24) is 0 Å². The lowest BCUT2D eigenvalue weighted by atomic mass is 10.1. The van der Waals surface area contributed by atoms with Crippen LogP contribution in [0.3, 0.4) is 0 Å². The first kappa shape index (κ1) is 11.3. The van der Waals surface area contributed by atoms with Crippen molar-refractivity contribution in [1.29, 1.82) is 5.26 Å². The van der Waals surface area contributed by atoms with Crippen molar-refractivity contribution in [2.24, 2.45) is 5.73 Å². The van der Waals surface area contributed by atoms with E-state index in [1.165, 1.54) is 0 Å². The molecule has 1 rings (SSSR count). The fourth-order valence-electron chi connectivity index (χ4n) is 1.12. The molecule has 1 aromatic heterocycles. The normalized spacial score (nSPS) is 12.1. The monoisotopic (exact) mass is 270 g/mol. The van der Waals surface area contributed by atoms with Gasteiger partial charge in [0.1, 0.15) is 0 Å². The first-order valence-corrected chi connectivity index (χ1v) is 6.00. The maximum absolute atomic E-state index is 8.92. The van der Waals surface area contributed by atoms with Gasteiger partial charge in [-0.3, -0.25) is 0 Å². The van der Waals surface area contributed by atoms with E-state index in [9.17, 15) is 0 Å². The maximum Gasteiger partial charge on any atom is 0.0969 e. The third-order valence-electron chi connectivity index (χ3n) is 1.82. The molecule has 0 aliphatic heterocycles. The van der Waals surface area contributed by atoms with Crippen LogP contribution in [0, 0.1) is 11.3 Å². The Morgan fingerprint density at radius 3 is 2.86 bits per heavy atom. The summed E-state index contributed by atoms with van der Waals surface area (Å²) in [6.45, 7) is 2.04. The van der Waals surface area contributed by atoms with Crippen molar-refractivity contribution in [2.75, 3.05) is 0 Å². The molecule has 0 aliphatic carbocycles. The minimum absolute atomic E-state index is 0.608. The van der Waals surface area contributed by atoms with Crippen molar-refractivity contribution in [3.8, 4) is 6.07 Å². The van der Waals surface area contributed by atoms with Gasteiger partial charge in [-0.05, 0) is 33.8 Å². The third kappa shape index (κ3) is 2.37. The van der Waals surface area contributed by atoms with Crippen molar-refractivity contribution in [2.45, 2.75) is 19.8 Å². The zero-order valence-electron chi connectivity index (χ0n) is 7.88. The summed E-state index contributed by atoms with van der Waals surface area (Å²) >= 11 is 4.95. The van der Waals surface area contributed by atoms with E-state index in [1.807, 2.05) is 18.4 Å². The molecule has 0 radical (unpaired) electrons. The highest BCUT2D eigenvalue weighted by Crippen LogP contribution is 2.29. The number of nitrogens with two attached hydrogens (primary N) is 1. The fourth-order valence-corrected chi connectivity index (χ4v) is 2.70. The predicted octanol–water partition coefficient (Wildman–Crippen LogP) is 3.50. The van der Waals surface area contributed by atoms with Gasteiger partial charge < -0.3 is 5.73 Å². The van der Waals surface area contributed by atoms with E-state index in [0.717, 1.165) is 22.2 Å². The highest BCUT2D eigenvalue weighted by Gasteiger charge is 2.09. The molecular weight excluding hydrogens is 260 g/mol. The summed E-state index contributed by atoms with van der Waals surface area (Å²) < 4.78 is 0.962. The van der Waals surface area contributed by atoms with E-state index in [0.29, 0.717) is 11.3 Å². The molecule has 0 saturated heterocycles. The van der Waals surface area contributed by atoms with E-state index in [-0.39, 0.29) is 0 Å². The number of allylic oxidation sites excluding steroid dienone is 1. The summed E-state index contributed by atoms with van der Waals surface area (Å²) in [6, 6.07) is 4.10. The Kier molecular flexibility index (Phi) is 4.18. The largest absolute Gasteiger partial charge is 0.397 e. The molecular formula is C10H11BrN2S. The molecule has 0 spiro atoms. The Morgan fingerprint density at radius 2 is 2.43 bits per heavy atom. The van der Waals surface area contributed by atoms with Crippen LogP contribution in [0.25, 0.3) is 5.70 Å². The van der Waals surface area contributed by atoms with Gasteiger partial charge in [-0.2, -0.15) is 5.26 Å². The predicted molar refractivity (Wildman–Crippen MR) is 63.6 cm³/mol. The molecule has 14 heavy (non-hydrogen) atoms. The zero-order valence-corrected chi connectivity index (χ0v) is 10.3. The van der Waals surface area contributed by atoms with Gasteiger partial charge in [0.25, 0.3) is 0 Å². The molecule has 0 bridgehead atoms. The fraction of sp³-hybridized carbons (Fsp3) is 0.300. The molecule has 0 unspecified atom stereocenters. The number of halogens is 1. The second kappa shape index (κ2) is 5.18. The molecule has 2 nitrogen and oxygen atoms in total. The Balaban J connectivity index is 3.09. The molecule has 0 fully saturated rings. The van der Waals surface area contributed by atoms with Crippen LogP contribution >= 0.6 is 27.3 Å². The molecule has 1 aromatic rings. The summed E-state index contributed by atoms with van der Waals surface area (Å²) in [7, 11) is 0. The molecule has 1 heterocycles. The molecule has 74 valence electrons. The van der Waals surface area contributed by atoms with Gasteiger partial charge in [-0.1, -0.05) is 13.3 Å². The second-order valence-electron chi connectivity index (χ2n) is 2.85. The Hall–Kier alpha value is -0.790. The summed E-state index contributed by atoms with van der Waals surface area (Å²) in [6.07, 6.45) is 1.68. The van der Waals surface area contributed by atoms with Crippen LogP contribution in [-0.2, 0) is 0 Å². The standard InChI is InChI=1S/C10H11BrN2S/c1-2-3-7(6-12)9(13)10-8(11)4-5-14-10/h4-5H,2-3,13H2,1H3/b9-7-. The summed E-state index contributed by atoms with van der Waals surface area (Å²) in [5.74, 6) is 0. The molecule has 4 heteroatoms. The molecule has 0 amide bonds. The molecule has 0 atom stereocenters. The van der Waals surface area contributed by atoms with Crippen LogP contribution in [0.2, 0.25) is 0 Å². The number of nitriles is 1. The average Bonchev–Trinajstić information content (AvgIpc) is 2.59. The first-order chi connectivity index (χ1) is 6.70. The second-order valence-corrected chi connectivity index (χ2v) is 4.62. The Morgan fingerprint density at radius 1 is 1.71 bits per heavy atom. The lowest BCUT2D eigenvalue weighted by Crippen LogP contribution is -1.99. The minimum atomic E-state index is 0.608. The lowest BCUT2D eigenvalue weighted by Gasteiger charge is -2.02. The maximum atomic E-state index is 8.92. The van der Waals surface area contributed by atoms with E-state index >= 15 is 0 Å². The Labute approximate surface area is 96.2 Å². The third-order valence-corrected chi connectivity index (χ3v) is 3.69. The number of nitrogens with zero attached hydrogens (tertiary/aromatic N) is 1. The van der Waals surface area contributed by atoms with E-state index in [4.69, 9.17) is 11.0 Å². The van der Waals surface area contributed by atoms with Crippen LogP contribution in [0.5, 0.6) is 0 Å². The molecule has 0 aliphatic rings. The van der Waals surface area contributed by atoms with Crippen LogP contribution in [0.4, 0.5) is 0 Å². The highest BCUT2D eigenvalue weighted by atomic mass is 79.9. The number of rotatable bonds is 3. The van der Waals surface area contributed by atoms with Crippen LogP contribution in [0.15, 0.2) is 21.5 Å². The quantitative estimate of drug-likeness (QED) is 0.855. The van der Waals surface area contributed by atoms with Gasteiger partial charge in [0.05, 0.1) is 22.2 Å². The van der Waals surface area contributed by atoms with Crippen molar-refractivity contribution < 1.29 is 0 Å². The smallest absolute Gasteiger partial charge is 0.0969 e. The van der Waals surface area contributed by atoms with Gasteiger partial charge >= 0.3 is 0 Å². The van der Waals surface area contributed by atoms with E-state index in [1.54, 1.807) is 11.3 Å². The van der Waals surface area contributed by atoms with Gasteiger partial charge in [-0.25, -0.2) is 0 Å². The number of hydrogen-bond donors (Lipinski definition) is 1. The van der Waals surface area contributed by atoms with E-state index < -0.39 is 0 Å². The van der Waals surface area contributed by atoms with Crippen LogP contribution in [0.1, 0.15) is 24.6 Å². The van der Waals surface area contributed by atoms with Gasteiger partial charge in [0, 0.05) is 4.47 Å². The van der Waals surface area contributed by atoms with Gasteiger partial charge in [0.2, 0.25) is 0 Å². The average molecular weight is 271 g/mol. The SMILES string of the molecule is CCC/C(C#N)=C(/N)c1sccc1Br. The van der Waals surface area contributed by atoms with Crippen molar-refractivity contribution in [3.05, 3.63) is 26.4 Å². The molecule has 0 saturated carbocycles. The molecule has 0 aromatic carbocycles. The topological polar surface area (TPSA) is 49.8 Å². The number of thiophene rings is 1. The highest BCUT2D eigenvalue weighted by molar-refractivity contribution is 9.10. The zero-order chi connectivity index (χ0) is 10.6. The summed E-state index contributed by atoms with van der Waals surface area (Å²) in [5.41, 5.74) is 7.20. The number of hydrogen-bond acceptors (Lipinski definition) is 3. The Bertz CT molecular complexity index is 387. The molecule has 2 N–H and O–H groups in total. The first-order valence-electron chi connectivity index (χ1n) is 4.32. The lowest BCUT2D eigenvalue weighted by molar-refractivity contribution is 0.929. The van der Waals surface area contributed by atoms with Crippen molar-refractivity contribution in [3.63, 3.8) is 0 Å². The van der Waals surface area contributed by atoms with Crippen LogP contribution < -0.4 is 5.73 Å². The summed E-state index contributed by atoms with van der Waals surface area (Å²) in [5, 5.41) is 10.9. The summed E-state index contributed by atoms with van der Waals surface area (Å²) in [4.78, 5) is 0.954. The minimum Gasteiger partial charge on any atom is -0.397 e. The van der Waals surface area contributed by atoms with Crippen molar-refractivity contribution >= 4 is 33.0 Å². The van der Waals surface area contributed by atoms with Gasteiger partial charge in [0.15, 0.2) is 0 Å². The van der Waals surface area contributed by atoms with Gasteiger partial charge in [-0.15, -0.1) is 11.3 Å². The van der Waals surface area contributed by atoms with E-state index in [2.05, 4.69) is 22.0 Å².